The first-order valence-electron chi connectivity index (χ1n) is 11.2. The highest BCUT2D eigenvalue weighted by Gasteiger charge is 2.19. The highest BCUT2D eigenvalue weighted by Crippen LogP contribution is 2.30. The number of benzene rings is 2. The van der Waals surface area contributed by atoms with E-state index in [-0.39, 0.29) is 5.56 Å². The third-order valence-electron chi connectivity index (χ3n) is 5.92. The second-order valence-electron chi connectivity index (χ2n) is 8.14. The van der Waals surface area contributed by atoms with Crippen LogP contribution in [0.2, 0.25) is 0 Å². The van der Waals surface area contributed by atoms with Crippen LogP contribution in [0.1, 0.15) is 15.9 Å². The van der Waals surface area contributed by atoms with Gasteiger partial charge in [0.05, 0.1) is 5.56 Å². The van der Waals surface area contributed by atoms with Gasteiger partial charge >= 0.3 is 0 Å². The number of H-pyrrole nitrogens is 1. The van der Waals surface area contributed by atoms with Gasteiger partial charge in [-0.15, -0.1) is 0 Å². The number of fused-ring (bicyclic) bond motifs is 1. The summed E-state index contributed by atoms with van der Waals surface area (Å²) in [5.74, 6) is -0.0110. The Morgan fingerprint density at radius 3 is 2.56 bits per heavy atom. The Kier molecular flexibility index (Phi) is 6.01. The minimum Gasteiger partial charge on any atom is -0.354 e. The number of aromatic amines is 1. The van der Waals surface area contributed by atoms with Gasteiger partial charge in [-0.25, -0.2) is 9.37 Å². The molecule has 2 aromatic heterocycles. The summed E-state index contributed by atoms with van der Waals surface area (Å²) in [4.78, 5) is 35.6. The van der Waals surface area contributed by atoms with Crippen LogP contribution >= 0.6 is 0 Å². The lowest BCUT2D eigenvalue weighted by Gasteiger charge is -2.28. The van der Waals surface area contributed by atoms with E-state index in [2.05, 4.69) is 20.2 Å². The third-order valence-corrected chi connectivity index (χ3v) is 5.92. The standard InChI is InChI=1S/C27H23FN4O2/c28-20-8-9-22-21(16-20)25(19-4-2-1-3-5-19)26(27(34)31-22)23(33)10-6-18-7-11-24(30-17-18)32-14-12-29-13-15-32/h1-11,16-17,29H,12-15H2,(H,31,34)/b10-6+. The number of piperazine rings is 1. The van der Waals surface area contributed by atoms with E-state index in [0.717, 1.165) is 37.6 Å². The summed E-state index contributed by atoms with van der Waals surface area (Å²) in [5.41, 5.74) is 1.77. The Bertz CT molecular complexity index is 1420. The lowest BCUT2D eigenvalue weighted by Crippen LogP contribution is -2.43. The van der Waals surface area contributed by atoms with Crippen molar-refractivity contribution in [3.05, 3.63) is 100 Å². The Labute approximate surface area is 195 Å². The lowest BCUT2D eigenvalue weighted by molar-refractivity contribution is 0.104. The van der Waals surface area contributed by atoms with Crippen molar-refractivity contribution < 1.29 is 9.18 Å². The van der Waals surface area contributed by atoms with Crippen molar-refractivity contribution in [3.63, 3.8) is 0 Å². The molecule has 0 amide bonds. The zero-order chi connectivity index (χ0) is 23.5. The number of pyridine rings is 2. The Morgan fingerprint density at radius 2 is 1.82 bits per heavy atom. The van der Waals surface area contributed by atoms with Crippen LogP contribution in [-0.2, 0) is 0 Å². The quantitative estimate of drug-likeness (QED) is 0.352. The fourth-order valence-electron chi connectivity index (χ4n) is 4.24. The highest BCUT2D eigenvalue weighted by atomic mass is 19.1. The number of allylic oxidation sites excluding steroid dienone is 1. The second-order valence-corrected chi connectivity index (χ2v) is 8.14. The van der Waals surface area contributed by atoms with Gasteiger partial charge in [-0.05, 0) is 53.6 Å². The molecule has 2 N–H and O–H groups in total. The van der Waals surface area contributed by atoms with Gasteiger partial charge in [0, 0.05) is 48.8 Å². The van der Waals surface area contributed by atoms with E-state index in [1.54, 1.807) is 24.4 Å². The van der Waals surface area contributed by atoms with Crippen LogP contribution in [0.4, 0.5) is 10.2 Å². The summed E-state index contributed by atoms with van der Waals surface area (Å²) in [6.07, 6.45) is 4.71. The first kappa shape index (κ1) is 21.7. The largest absolute Gasteiger partial charge is 0.354 e. The number of aromatic nitrogens is 2. The van der Waals surface area contributed by atoms with E-state index >= 15 is 0 Å². The predicted molar refractivity (Wildman–Crippen MR) is 133 cm³/mol. The Morgan fingerprint density at radius 1 is 1.03 bits per heavy atom. The summed E-state index contributed by atoms with van der Waals surface area (Å²) in [5, 5.41) is 3.79. The minimum absolute atomic E-state index is 0.0223. The van der Waals surface area contributed by atoms with E-state index in [4.69, 9.17) is 0 Å². The minimum atomic E-state index is -0.514. The molecule has 3 heterocycles. The molecule has 0 radical (unpaired) electrons. The smallest absolute Gasteiger partial charge is 0.260 e. The molecule has 0 saturated carbocycles. The van der Waals surface area contributed by atoms with E-state index < -0.39 is 17.2 Å². The molecule has 7 heteroatoms. The van der Waals surface area contributed by atoms with E-state index in [0.29, 0.717) is 22.0 Å². The summed E-state index contributed by atoms with van der Waals surface area (Å²) in [6.45, 7) is 3.64. The molecule has 0 spiro atoms. The van der Waals surface area contributed by atoms with Gasteiger partial charge in [0.15, 0.2) is 5.78 Å². The number of anilines is 1. The van der Waals surface area contributed by atoms with E-state index in [1.165, 1.54) is 24.3 Å². The molecule has 34 heavy (non-hydrogen) atoms. The molecule has 1 fully saturated rings. The average molecular weight is 455 g/mol. The molecular formula is C27H23FN4O2. The number of halogens is 1. The van der Waals surface area contributed by atoms with Crippen LogP contribution in [0.25, 0.3) is 28.1 Å². The number of rotatable bonds is 5. The number of ketones is 1. The molecule has 0 atom stereocenters. The van der Waals surface area contributed by atoms with Crippen molar-refractivity contribution in [1.82, 2.24) is 15.3 Å². The fraction of sp³-hybridized carbons (Fsp3) is 0.148. The maximum Gasteiger partial charge on any atom is 0.260 e. The van der Waals surface area contributed by atoms with Gasteiger partial charge in [-0.3, -0.25) is 9.59 Å². The number of hydrogen-bond donors (Lipinski definition) is 2. The first-order valence-corrected chi connectivity index (χ1v) is 11.2. The maximum atomic E-state index is 14.1. The number of nitrogens with one attached hydrogen (secondary N) is 2. The molecule has 1 aliphatic heterocycles. The maximum absolute atomic E-state index is 14.1. The lowest BCUT2D eigenvalue weighted by atomic mass is 9.94. The molecule has 0 unspecified atom stereocenters. The first-order chi connectivity index (χ1) is 16.6. The predicted octanol–water partition coefficient (Wildman–Crippen LogP) is 4.03. The number of nitrogens with zero attached hydrogens (tertiary/aromatic N) is 2. The topological polar surface area (TPSA) is 78.1 Å². The van der Waals surface area contributed by atoms with Gasteiger partial charge < -0.3 is 15.2 Å². The zero-order valence-corrected chi connectivity index (χ0v) is 18.4. The monoisotopic (exact) mass is 454 g/mol. The van der Waals surface area contributed by atoms with Gasteiger partial charge in [0.1, 0.15) is 11.6 Å². The van der Waals surface area contributed by atoms with E-state index in [9.17, 15) is 14.0 Å². The average Bonchev–Trinajstić information content (AvgIpc) is 2.88. The van der Waals surface area contributed by atoms with Gasteiger partial charge in [0.2, 0.25) is 0 Å². The fourth-order valence-corrected chi connectivity index (χ4v) is 4.24. The molecule has 6 nitrogen and oxygen atoms in total. The molecule has 2 aromatic carbocycles. The van der Waals surface area contributed by atoms with Crippen LogP contribution in [0.5, 0.6) is 0 Å². The number of hydrogen-bond acceptors (Lipinski definition) is 5. The molecule has 5 rings (SSSR count). The van der Waals surface area contributed by atoms with Crippen molar-refractivity contribution >= 4 is 28.6 Å². The molecule has 1 aliphatic rings. The Hall–Kier alpha value is -4.10. The molecule has 1 saturated heterocycles. The SMILES string of the molecule is O=C(/C=C/c1ccc(N2CCNCC2)nc1)c1c(-c2ccccc2)c2cc(F)ccc2[nH]c1=O. The molecule has 0 aliphatic carbocycles. The van der Waals surface area contributed by atoms with Crippen LogP contribution in [0, 0.1) is 5.82 Å². The van der Waals surface area contributed by atoms with E-state index in [1.807, 2.05) is 30.3 Å². The van der Waals surface area contributed by atoms with Crippen molar-refractivity contribution in [2.24, 2.45) is 0 Å². The summed E-state index contributed by atoms with van der Waals surface area (Å²) >= 11 is 0. The van der Waals surface area contributed by atoms with Crippen molar-refractivity contribution in [3.8, 4) is 11.1 Å². The van der Waals surface area contributed by atoms with Gasteiger partial charge in [0.25, 0.3) is 5.56 Å². The van der Waals surface area contributed by atoms with Crippen LogP contribution in [0.3, 0.4) is 0 Å². The third kappa shape index (κ3) is 4.38. The van der Waals surface area contributed by atoms with Crippen molar-refractivity contribution in [2.45, 2.75) is 0 Å². The highest BCUT2D eigenvalue weighted by molar-refractivity contribution is 6.15. The van der Waals surface area contributed by atoms with Crippen LogP contribution < -0.4 is 15.8 Å². The normalized spacial score (nSPS) is 14.1. The Balaban J connectivity index is 1.51. The zero-order valence-electron chi connectivity index (χ0n) is 18.4. The number of carbonyl (C=O) groups excluding carboxylic acids is 1. The van der Waals surface area contributed by atoms with Crippen molar-refractivity contribution in [2.75, 3.05) is 31.1 Å². The number of carbonyl (C=O) groups is 1. The summed E-state index contributed by atoms with van der Waals surface area (Å²) in [6, 6.07) is 17.0. The van der Waals surface area contributed by atoms with Gasteiger partial charge in [-0.2, -0.15) is 0 Å². The van der Waals surface area contributed by atoms with Crippen LogP contribution in [0.15, 0.2) is 77.7 Å². The molecule has 4 aromatic rings. The second kappa shape index (κ2) is 9.41. The molecule has 170 valence electrons. The van der Waals surface area contributed by atoms with Gasteiger partial charge in [-0.1, -0.05) is 30.3 Å². The summed E-state index contributed by atoms with van der Waals surface area (Å²) in [7, 11) is 0. The van der Waals surface area contributed by atoms with Crippen molar-refractivity contribution in [1.29, 1.82) is 0 Å². The summed E-state index contributed by atoms with van der Waals surface area (Å²) < 4.78 is 14.1. The molecular weight excluding hydrogens is 431 g/mol. The molecule has 0 bridgehead atoms. The van der Waals surface area contributed by atoms with Crippen LogP contribution in [-0.4, -0.2) is 41.9 Å².